The maximum atomic E-state index is 12.9. The van der Waals surface area contributed by atoms with Crippen molar-refractivity contribution in [2.24, 2.45) is 0 Å². The van der Waals surface area contributed by atoms with E-state index in [2.05, 4.69) is 5.32 Å². The molecule has 1 atom stereocenters. The monoisotopic (exact) mass is 420 g/mol. The van der Waals surface area contributed by atoms with Crippen LogP contribution in [-0.4, -0.2) is 31.4 Å². The van der Waals surface area contributed by atoms with Crippen LogP contribution in [0.2, 0.25) is 0 Å². The molecule has 156 valence electrons. The highest BCUT2D eigenvalue weighted by atomic mass is 32.2. The Hall–Kier alpha value is -2.94. The molecule has 0 saturated heterocycles. The molecule has 1 unspecified atom stereocenters. The van der Waals surface area contributed by atoms with Crippen molar-refractivity contribution in [3.8, 4) is 0 Å². The fourth-order valence-electron chi connectivity index (χ4n) is 2.72. The van der Waals surface area contributed by atoms with Crippen molar-refractivity contribution >= 4 is 15.9 Å². The molecular weight excluding hydrogens is 396 g/mol. The largest absolute Gasteiger partial charge is 0.445 e. The summed E-state index contributed by atoms with van der Waals surface area (Å²) < 4.78 is 31.0. The van der Waals surface area contributed by atoms with Gasteiger partial charge in [-0.15, -0.1) is 0 Å². The van der Waals surface area contributed by atoms with Crippen LogP contribution in [0.1, 0.15) is 31.2 Å². The lowest BCUT2D eigenvalue weighted by Gasteiger charge is -2.19. The molecule has 0 radical (unpaired) electrons. The fourth-order valence-corrected chi connectivity index (χ4v) is 4.32. The molecule has 0 aliphatic rings. The Kier molecular flexibility index (Phi) is 8.60. The topological polar surface area (TPSA) is 116 Å². The van der Waals surface area contributed by atoms with Crippen LogP contribution in [-0.2, 0) is 21.2 Å². The SMILES string of the molecule is O=C(NC(CCCCC[N+](=O)[O-])S(=O)(=O)c1ccccc1)OCc1ccccc1. The average molecular weight is 420 g/mol. The Morgan fingerprint density at radius 3 is 2.24 bits per heavy atom. The Bertz CT molecular complexity index is 888. The first-order valence-corrected chi connectivity index (χ1v) is 10.8. The van der Waals surface area contributed by atoms with Crippen LogP contribution in [0.4, 0.5) is 4.79 Å². The maximum Gasteiger partial charge on any atom is 0.408 e. The van der Waals surface area contributed by atoms with E-state index < -0.39 is 26.2 Å². The Morgan fingerprint density at radius 2 is 1.62 bits per heavy atom. The van der Waals surface area contributed by atoms with Gasteiger partial charge in [0.25, 0.3) is 0 Å². The molecule has 0 aliphatic carbocycles. The van der Waals surface area contributed by atoms with Crippen molar-refractivity contribution in [2.45, 2.75) is 42.6 Å². The minimum Gasteiger partial charge on any atom is -0.445 e. The van der Waals surface area contributed by atoms with Crippen molar-refractivity contribution in [2.75, 3.05) is 6.54 Å². The number of amides is 1. The van der Waals surface area contributed by atoms with Crippen molar-refractivity contribution in [1.82, 2.24) is 5.32 Å². The van der Waals surface area contributed by atoms with Gasteiger partial charge >= 0.3 is 6.09 Å². The number of hydrogen-bond donors (Lipinski definition) is 1. The van der Waals surface area contributed by atoms with Crippen molar-refractivity contribution in [1.29, 1.82) is 0 Å². The van der Waals surface area contributed by atoms with E-state index in [1.807, 2.05) is 18.2 Å². The highest BCUT2D eigenvalue weighted by molar-refractivity contribution is 7.92. The van der Waals surface area contributed by atoms with E-state index in [9.17, 15) is 23.3 Å². The summed E-state index contributed by atoms with van der Waals surface area (Å²) in [7, 11) is -3.83. The summed E-state index contributed by atoms with van der Waals surface area (Å²) in [5, 5.41) is 11.7. The zero-order valence-corrected chi connectivity index (χ0v) is 16.7. The second-order valence-corrected chi connectivity index (χ2v) is 8.59. The number of benzene rings is 2. The molecule has 0 fully saturated rings. The average Bonchev–Trinajstić information content (AvgIpc) is 2.72. The van der Waals surface area contributed by atoms with Crippen LogP contribution in [0.5, 0.6) is 0 Å². The van der Waals surface area contributed by atoms with Crippen LogP contribution >= 0.6 is 0 Å². The smallest absolute Gasteiger partial charge is 0.408 e. The first-order chi connectivity index (χ1) is 13.9. The van der Waals surface area contributed by atoms with Crippen molar-refractivity contribution in [3.05, 3.63) is 76.3 Å². The fraction of sp³-hybridized carbons (Fsp3) is 0.350. The van der Waals surface area contributed by atoms with E-state index in [0.29, 0.717) is 19.3 Å². The van der Waals surface area contributed by atoms with Gasteiger partial charge in [0, 0.05) is 11.3 Å². The van der Waals surface area contributed by atoms with Gasteiger partial charge in [0.15, 0.2) is 9.84 Å². The number of nitrogens with zero attached hydrogens (tertiary/aromatic N) is 1. The number of sulfone groups is 1. The molecule has 8 nitrogen and oxygen atoms in total. The van der Waals surface area contributed by atoms with Gasteiger partial charge in [0.05, 0.1) is 4.90 Å². The van der Waals surface area contributed by atoms with E-state index in [4.69, 9.17) is 4.74 Å². The summed E-state index contributed by atoms with van der Waals surface area (Å²) in [5.41, 5.74) is 0.782. The number of unbranched alkanes of at least 4 members (excludes halogenated alkanes) is 2. The maximum absolute atomic E-state index is 12.9. The molecule has 0 aliphatic heterocycles. The Labute approximate surface area is 170 Å². The van der Waals surface area contributed by atoms with E-state index in [0.717, 1.165) is 5.56 Å². The second kappa shape index (κ2) is 11.2. The molecule has 0 spiro atoms. The third-order valence-electron chi connectivity index (χ3n) is 4.24. The molecule has 2 aromatic rings. The van der Waals surface area contributed by atoms with Gasteiger partial charge in [0.2, 0.25) is 6.54 Å². The Morgan fingerprint density at radius 1 is 1.00 bits per heavy atom. The Balaban J connectivity index is 2.01. The number of nitro groups is 1. The summed E-state index contributed by atoms with van der Waals surface area (Å²) in [5.74, 6) is 0. The van der Waals surface area contributed by atoms with Gasteiger partial charge < -0.3 is 10.1 Å². The summed E-state index contributed by atoms with van der Waals surface area (Å²) in [4.78, 5) is 22.3. The quantitative estimate of drug-likeness (QED) is 0.338. The lowest BCUT2D eigenvalue weighted by molar-refractivity contribution is -0.480. The zero-order chi connectivity index (χ0) is 21.1. The molecule has 9 heteroatoms. The normalized spacial score (nSPS) is 12.1. The molecule has 2 rings (SSSR count). The van der Waals surface area contributed by atoms with Crippen LogP contribution in [0.15, 0.2) is 65.6 Å². The molecular formula is C20H24N2O6S. The summed E-state index contributed by atoms with van der Waals surface area (Å²) in [6, 6.07) is 16.9. The number of ether oxygens (including phenoxy) is 1. The third-order valence-corrected chi connectivity index (χ3v) is 6.28. The minimum atomic E-state index is -3.83. The molecule has 0 aromatic heterocycles. The lowest BCUT2D eigenvalue weighted by atomic mass is 10.2. The summed E-state index contributed by atoms with van der Waals surface area (Å²) in [6.07, 6.45) is 0.564. The van der Waals surface area contributed by atoms with Gasteiger partial charge in [0.1, 0.15) is 12.0 Å². The number of nitrogens with one attached hydrogen (secondary N) is 1. The van der Waals surface area contributed by atoms with Crippen LogP contribution in [0, 0.1) is 10.1 Å². The van der Waals surface area contributed by atoms with Gasteiger partial charge in [-0.05, 0) is 30.5 Å². The van der Waals surface area contributed by atoms with E-state index in [1.54, 1.807) is 30.3 Å². The summed E-state index contributed by atoms with van der Waals surface area (Å²) >= 11 is 0. The second-order valence-electron chi connectivity index (χ2n) is 6.46. The van der Waals surface area contributed by atoms with E-state index in [1.165, 1.54) is 12.1 Å². The van der Waals surface area contributed by atoms with Crippen molar-refractivity contribution in [3.63, 3.8) is 0 Å². The first kappa shape index (κ1) is 22.4. The third kappa shape index (κ3) is 7.53. The molecule has 1 amide bonds. The van der Waals surface area contributed by atoms with Crippen LogP contribution in [0.3, 0.4) is 0 Å². The van der Waals surface area contributed by atoms with Gasteiger partial charge in [-0.3, -0.25) is 10.1 Å². The summed E-state index contributed by atoms with van der Waals surface area (Å²) in [6.45, 7) is -0.143. The highest BCUT2D eigenvalue weighted by Gasteiger charge is 2.29. The number of alkyl carbamates (subject to hydrolysis) is 1. The van der Waals surface area contributed by atoms with Crippen LogP contribution < -0.4 is 5.32 Å². The highest BCUT2D eigenvalue weighted by Crippen LogP contribution is 2.19. The lowest BCUT2D eigenvalue weighted by Crippen LogP contribution is -2.41. The number of carbonyl (C=O) groups is 1. The van der Waals surface area contributed by atoms with E-state index >= 15 is 0 Å². The molecule has 0 saturated carbocycles. The predicted octanol–water partition coefficient (Wildman–Crippen LogP) is 3.55. The van der Waals surface area contributed by atoms with Gasteiger partial charge in [-0.1, -0.05) is 55.0 Å². The molecule has 1 N–H and O–H groups in total. The molecule has 2 aromatic carbocycles. The standard InChI is InChI=1S/C20H24N2O6S/c23-20(28-16-17-10-4-1-5-11-17)21-19(14-8-3-9-15-22(24)25)29(26,27)18-12-6-2-7-13-18/h1-2,4-7,10-13,19H,3,8-9,14-16H2,(H,21,23). The molecule has 0 heterocycles. The minimum absolute atomic E-state index is 0.0214. The number of rotatable bonds is 11. The number of carbonyl (C=O) groups excluding carboxylic acids is 1. The molecule has 29 heavy (non-hydrogen) atoms. The number of hydrogen-bond acceptors (Lipinski definition) is 6. The van der Waals surface area contributed by atoms with E-state index in [-0.39, 0.29) is 24.5 Å². The molecule has 0 bridgehead atoms. The van der Waals surface area contributed by atoms with Gasteiger partial charge in [-0.2, -0.15) is 0 Å². The first-order valence-electron chi connectivity index (χ1n) is 9.27. The van der Waals surface area contributed by atoms with Crippen LogP contribution in [0.25, 0.3) is 0 Å². The zero-order valence-electron chi connectivity index (χ0n) is 15.9. The van der Waals surface area contributed by atoms with Crippen molar-refractivity contribution < 1.29 is 22.9 Å². The van der Waals surface area contributed by atoms with Gasteiger partial charge in [-0.25, -0.2) is 13.2 Å². The predicted molar refractivity (Wildman–Crippen MR) is 108 cm³/mol.